The van der Waals surface area contributed by atoms with E-state index in [0.717, 1.165) is 22.6 Å². The van der Waals surface area contributed by atoms with Crippen molar-refractivity contribution in [2.24, 2.45) is 5.92 Å². The van der Waals surface area contributed by atoms with Gasteiger partial charge in [0.05, 0.1) is 5.75 Å². The number of nitrogens with one attached hydrogen (secondary N) is 1. The van der Waals surface area contributed by atoms with Gasteiger partial charge in [-0.1, -0.05) is 25.8 Å². The van der Waals surface area contributed by atoms with Gasteiger partial charge in [-0.2, -0.15) is 0 Å². The number of rotatable bonds is 4. The van der Waals surface area contributed by atoms with Gasteiger partial charge in [-0.15, -0.1) is 11.8 Å². The molecule has 3 N–H and O–H groups in total. The zero-order valence-electron chi connectivity index (χ0n) is 12.3. The number of aryl methyl sites for hydroxylation is 1. The molecular weight excluding hydrogens is 268 g/mol. The van der Waals surface area contributed by atoms with E-state index in [1.54, 1.807) is 0 Å². The minimum absolute atomic E-state index is 0.119. The molecule has 0 bridgehead atoms. The normalized spacial score (nSPS) is 22.5. The zero-order chi connectivity index (χ0) is 14.5. The van der Waals surface area contributed by atoms with Gasteiger partial charge in [0.25, 0.3) is 0 Å². The number of thioether (sulfide) groups is 1. The molecule has 0 radical (unpaired) electrons. The molecule has 4 heteroatoms. The van der Waals surface area contributed by atoms with Gasteiger partial charge in [-0.05, 0) is 43.4 Å². The standard InChI is InChI=1S/C16H24N2OS/c1-11-7-8-15(13(17)9-11)20-10-16(19)18-14-6-4-3-5-12(14)2/h7-9,12,14H,3-6,10,17H2,1-2H3,(H,18,19). The summed E-state index contributed by atoms with van der Waals surface area (Å²) in [6, 6.07) is 6.32. The molecule has 1 aliphatic carbocycles. The number of nitrogen functional groups attached to an aromatic ring is 1. The lowest BCUT2D eigenvalue weighted by atomic mass is 9.86. The van der Waals surface area contributed by atoms with Crippen molar-refractivity contribution in [1.29, 1.82) is 0 Å². The lowest BCUT2D eigenvalue weighted by molar-refractivity contribution is -0.119. The highest BCUT2D eigenvalue weighted by molar-refractivity contribution is 8.00. The predicted molar refractivity (Wildman–Crippen MR) is 85.9 cm³/mol. The molecule has 1 aromatic carbocycles. The third kappa shape index (κ3) is 4.17. The number of hydrogen-bond acceptors (Lipinski definition) is 3. The van der Waals surface area contributed by atoms with Gasteiger partial charge >= 0.3 is 0 Å². The van der Waals surface area contributed by atoms with E-state index < -0.39 is 0 Å². The Morgan fingerprint density at radius 3 is 2.85 bits per heavy atom. The first-order valence-corrected chi connectivity index (χ1v) is 8.33. The topological polar surface area (TPSA) is 55.1 Å². The Balaban J connectivity index is 1.82. The van der Waals surface area contributed by atoms with Gasteiger partial charge in [-0.25, -0.2) is 0 Å². The summed E-state index contributed by atoms with van der Waals surface area (Å²) < 4.78 is 0. The molecule has 1 aliphatic rings. The number of anilines is 1. The molecule has 2 unspecified atom stereocenters. The molecule has 2 atom stereocenters. The number of nitrogens with two attached hydrogens (primary N) is 1. The Labute approximate surface area is 125 Å². The Kier molecular flexibility index (Phi) is 5.35. The molecule has 0 spiro atoms. The van der Waals surface area contributed by atoms with E-state index in [1.165, 1.54) is 31.0 Å². The number of amides is 1. The van der Waals surface area contributed by atoms with Crippen LogP contribution in [0.5, 0.6) is 0 Å². The van der Waals surface area contributed by atoms with Crippen LogP contribution in [0.25, 0.3) is 0 Å². The summed E-state index contributed by atoms with van der Waals surface area (Å²) in [5.41, 5.74) is 7.87. The van der Waals surface area contributed by atoms with Gasteiger partial charge in [-0.3, -0.25) is 4.79 Å². The highest BCUT2D eigenvalue weighted by atomic mass is 32.2. The smallest absolute Gasteiger partial charge is 0.230 e. The van der Waals surface area contributed by atoms with Gasteiger partial charge in [0.2, 0.25) is 5.91 Å². The molecule has 0 heterocycles. The Morgan fingerprint density at radius 1 is 1.40 bits per heavy atom. The van der Waals surface area contributed by atoms with Gasteiger partial charge in [0.15, 0.2) is 0 Å². The SMILES string of the molecule is Cc1ccc(SCC(=O)NC2CCCCC2C)c(N)c1. The number of hydrogen-bond donors (Lipinski definition) is 2. The number of carbonyl (C=O) groups is 1. The van der Waals surface area contributed by atoms with Crippen LogP contribution in [0, 0.1) is 12.8 Å². The highest BCUT2D eigenvalue weighted by Crippen LogP contribution is 2.26. The summed E-state index contributed by atoms with van der Waals surface area (Å²) in [4.78, 5) is 13.0. The zero-order valence-corrected chi connectivity index (χ0v) is 13.1. The number of benzene rings is 1. The predicted octanol–water partition coefficient (Wildman–Crippen LogP) is 3.36. The first-order chi connectivity index (χ1) is 9.56. The van der Waals surface area contributed by atoms with Crippen molar-refractivity contribution >= 4 is 23.4 Å². The van der Waals surface area contributed by atoms with Crippen LogP contribution in [0.2, 0.25) is 0 Å². The second-order valence-corrected chi connectivity index (χ2v) is 6.78. The van der Waals surface area contributed by atoms with Crippen molar-refractivity contribution in [2.45, 2.75) is 50.5 Å². The Morgan fingerprint density at radius 2 is 2.15 bits per heavy atom. The molecule has 2 rings (SSSR count). The molecule has 1 amide bonds. The van der Waals surface area contributed by atoms with Crippen molar-refractivity contribution in [3.8, 4) is 0 Å². The second kappa shape index (κ2) is 7.02. The van der Waals surface area contributed by atoms with E-state index in [-0.39, 0.29) is 5.91 Å². The van der Waals surface area contributed by atoms with Crippen LogP contribution in [-0.4, -0.2) is 17.7 Å². The van der Waals surface area contributed by atoms with E-state index in [4.69, 9.17) is 5.73 Å². The minimum atomic E-state index is 0.119. The van der Waals surface area contributed by atoms with Crippen LogP contribution in [0.15, 0.2) is 23.1 Å². The lowest BCUT2D eigenvalue weighted by Crippen LogP contribution is -2.41. The third-order valence-electron chi connectivity index (χ3n) is 3.98. The molecular formula is C16H24N2OS. The van der Waals surface area contributed by atoms with E-state index in [2.05, 4.69) is 12.2 Å². The quantitative estimate of drug-likeness (QED) is 0.661. The molecule has 0 aliphatic heterocycles. The van der Waals surface area contributed by atoms with E-state index in [9.17, 15) is 4.79 Å². The van der Waals surface area contributed by atoms with E-state index in [0.29, 0.717) is 17.7 Å². The maximum atomic E-state index is 12.0. The average molecular weight is 292 g/mol. The monoisotopic (exact) mass is 292 g/mol. The summed E-state index contributed by atoms with van der Waals surface area (Å²) in [6.07, 6.45) is 4.86. The van der Waals surface area contributed by atoms with Crippen molar-refractivity contribution in [3.05, 3.63) is 23.8 Å². The molecule has 20 heavy (non-hydrogen) atoms. The molecule has 1 aromatic rings. The van der Waals surface area contributed by atoms with E-state index >= 15 is 0 Å². The van der Waals surface area contributed by atoms with Crippen molar-refractivity contribution in [1.82, 2.24) is 5.32 Å². The maximum absolute atomic E-state index is 12.0. The summed E-state index contributed by atoms with van der Waals surface area (Å²) in [5.74, 6) is 1.16. The second-order valence-electron chi connectivity index (χ2n) is 5.77. The molecule has 1 saturated carbocycles. The largest absolute Gasteiger partial charge is 0.398 e. The third-order valence-corrected chi connectivity index (χ3v) is 5.07. The summed E-state index contributed by atoms with van der Waals surface area (Å²) in [7, 11) is 0. The lowest BCUT2D eigenvalue weighted by Gasteiger charge is -2.29. The maximum Gasteiger partial charge on any atom is 0.230 e. The highest BCUT2D eigenvalue weighted by Gasteiger charge is 2.22. The van der Waals surface area contributed by atoms with Crippen LogP contribution in [0.4, 0.5) is 5.69 Å². The fraction of sp³-hybridized carbons (Fsp3) is 0.562. The van der Waals surface area contributed by atoms with Crippen molar-refractivity contribution in [2.75, 3.05) is 11.5 Å². The molecule has 0 saturated heterocycles. The van der Waals surface area contributed by atoms with Gasteiger partial charge in [0, 0.05) is 16.6 Å². The minimum Gasteiger partial charge on any atom is -0.398 e. The average Bonchev–Trinajstić information content (AvgIpc) is 2.40. The van der Waals surface area contributed by atoms with Crippen LogP contribution in [0.1, 0.15) is 38.2 Å². The summed E-state index contributed by atoms with van der Waals surface area (Å²) >= 11 is 1.52. The first-order valence-electron chi connectivity index (χ1n) is 7.34. The van der Waals surface area contributed by atoms with Gasteiger partial charge in [0.1, 0.15) is 0 Å². The molecule has 0 aromatic heterocycles. The first kappa shape index (κ1) is 15.2. The summed E-state index contributed by atoms with van der Waals surface area (Å²) in [6.45, 7) is 4.25. The fourth-order valence-electron chi connectivity index (χ4n) is 2.72. The van der Waals surface area contributed by atoms with Crippen LogP contribution in [0.3, 0.4) is 0 Å². The van der Waals surface area contributed by atoms with Gasteiger partial charge < -0.3 is 11.1 Å². The van der Waals surface area contributed by atoms with Crippen molar-refractivity contribution < 1.29 is 4.79 Å². The van der Waals surface area contributed by atoms with Crippen LogP contribution >= 0.6 is 11.8 Å². The Bertz CT molecular complexity index is 476. The fourth-order valence-corrected chi connectivity index (χ4v) is 3.48. The van der Waals surface area contributed by atoms with Crippen LogP contribution in [-0.2, 0) is 4.79 Å². The van der Waals surface area contributed by atoms with Crippen molar-refractivity contribution in [3.63, 3.8) is 0 Å². The Hall–Kier alpha value is -1.16. The molecule has 1 fully saturated rings. The summed E-state index contributed by atoms with van der Waals surface area (Å²) in [5, 5.41) is 3.17. The van der Waals surface area contributed by atoms with Crippen LogP contribution < -0.4 is 11.1 Å². The molecule has 3 nitrogen and oxygen atoms in total. The molecule has 110 valence electrons. The number of carbonyl (C=O) groups excluding carboxylic acids is 1. The van der Waals surface area contributed by atoms with E-state index in [1.807, 2.05) is 25.1 Å².